The summed E-state index contributed by atoms with van der Waals surface area (Å²) in [5.74, 6) is 0.406. The summed E-state index contributed by atoms with van der Waals surface area (Å²) in [5, 5.41) is 0. The number of ketones is 1. The molecule has 0 unspecified atom stereocenters. The molecule has 1 saturated heterocycles. The first-order valence-electron chi connectivity index (χ1n) is 11.3. The molecule has 3 aliphatic carbocycles. The van der Waals surface area contributed by atoms with Gasteiger partial charge in [0.1, 0.15) is 5.78 Å². The van der Waals surface area contributed by atoms with Crippen molar-refractivity contribution in [1.82, 2.24) is 4.31 Å². The fraction of sp³-hybridized carbons (Fsp3) is 0.640. The molecule has 4 nitrogen and oxygen atoms in total. The topological polar surface area (TPSA) is 54.5 Å². The van der Waals surface area contributed by atoms with Gasteiger partial charge in [0, 0.05) is 23.9 Å². The Balaban J connectivity index is 1.38. The van der Waals surface area contributed by atoms with E-state index in [0.29, 0.717) is 19.5 Å². The molecule has 2 saturated carbocycles. The number of rotatable bonds is 3. The van der Waals surface area contributed by atoms with Crippen molar-refractivity contribution in [2.24, 2.45) is 22.2 Å². The number of fused-ring (bicyclic) bond motifs is 4. The highest BCUT2D eigenvalue weighted by Crippen LogP contribution is 2.70. The summed E-state index contributed by atoms with van der Waals surface area (Å²) in [6, 6.07) is 8.44. The van der Waals surface area contributed by atoms with Crippen LogP contribution in [0.1, 0.15) is 64.5 Å². The van der Waals surface area contributed by atoms with Crippen molar-refractivity contribution in [2.75, 3.05) is 18.8 Å². The molecule has 5 rings (SSSR count). The molecular formula is C25H33NO3S. The number of nitrogens with zero attached hydrogens (tertiary/aromatic N) is 1. The first-order valence-corrected chi connectivity index (χ1v) is 12.9. The molecule has 1 spiro atoms. The molecule has 0 radical (unpaired) electrons. The van der Waals surface area contributed by atoms with Crippen molar-refractivity contribution in [3.8, 4) is 0 Å². The zero-order chi connectivity index (χ0) is 21.6. The van der Waals surface area contributed by atoms with Gasteiger partial charge in [-0.3, -0.25) is 4.79 Å². The van der Waals surface area contributed by atoms with Crippen LogP contribution >= 0.6 is 0 Å². The Morgan fingerprint density at radius 1 is 1.03 bits per heavy atom. The van der Waals surface area contributed by atoms with Gasteiger partial charge in [-0.2, -0.15) is 0 Å². The Kier molecular flexibility index (Phi) is 4.14. The van der Waals surface area contributed by atoms with Crippen LogP contribution in [-0.4, -0.2) is 37.3 Å². The molecule has 2 atom stereocenters. The summed E-state index contributed by atoms with van der Waals surface area (Å²) in [6.45, 7) is 9.33. The Morgan fingerprint density at radius 3 is 2.33 bits per heavy atom. The van der Waals surface area contributed by atoms with Gasteiger partial charge in [-0.25, -0.2) is 12.7 Å². The minimum atomic E-state index is -3.50. The van der Waals surface area contributed by atoms with Crippen LogP contribution in [0.3, 0.4) is 0 Å². The van der Waals surface area contributed by atoms with Gasteiger partial charge in [0.25, 0.3) is 0 Å². The van der Waals surface area contributed by atoms with E-state index in [0.717, 1.165) is 19.3 Å². The molecular weight excluding hydrogens is 394 g/mol. The molecule has 1 aromatic carbocycles. The van der Waals surface area contributed by atoms with E-state index in [1.54, 1.807) is 4.31 Å². The van der Waals surface area contributed by atoms with Crippen LogP contribution in [-0.2, 0) is 20.2 Å². The molecule has 1 aromatic rings. The van der Waals surface area contributed by atoms with E-state index in [9.17, 15) is 13.2 Å². The smallest absolute Gasteiger partial charge is 0.215 e. The van der Waals surface area contributed by atoms with Crippen molar-refractivity contribution in [1.29, 1.82) is 0 Å². The Bertz CT molecular complexity index is 1040. The van der Waals surface area contributed by atoms with Crippen LogP contribution in [0.4, 0.5) is 0 Å². The van der Waals surface area contributed by atoms with Gasteiger partial charge in [-0.1, -0.05) is 64.1 Å². The van der Waals surface area contributed by atoms with Crippen molar-refractivity contribution >= 4 is 21.9 Å². The molecule has 0 aromatic heterocycles. The largest absolute Gasteiger partial charge is 0.298 e. The third kappa shape index (κ3) is 2.42. The molecule has 1 aliphatic heterocycles. The lowest BCUT2D eigenvalue weighted by atomic mass is 9.70. The van der Waals surface area contributed by atoms with Crippen LogP contribution in [0, 0.1) is 22.2 Å². The normalized spacial score (nSPS) is 33.3. The van der Waals surface area contributed by atoms with Gasteiger partial charge in [0.05, 0.1) is 11.2 Å². The maximum absolute atomic E-state index is 13.6. The number of benzene rings is 1. The third-order valence-electron chi connectivity index (χ3n) is 9.37. The van der Waals surface area contributed by atoms with Crippen LogP contribution in [0.25, 0.3) is 6.08 Å². The molecule has 0 amide bonds. The second-order valence-electron chi connectivity index (χ2n) is 11.2. The second kappa shape index (κ2) is 6.07. The number of carbonyl (C=O) groups is 1. The van der Waals surface area contributed by atoms with Gasteiger partial charge in [0.2, 0.25) is 10.0 Å². The van der Waals surface area contributed by atoms with Crippen LogP contribution in [0.2, 0.25) is 0 Å². The summed E-state index contributed by atoms with van der Waals surface area (Å²) in [4.78, 5) is 13.4. The number of sulfonamides is 1. The summed E-state index contributed by atoms with van der Waals surface area (Å²) in [7, 11) is -3.50. The lowest BCUT2D eigenvalue weighted by Gasteiger charge is -2.41. The number of piperidine rings is 1. The third-order valence-corrected chi connectivity index (χ3v) is 11.4. The second-order valence-corrected chi connectivity index (χ2v) is 13.1. The number of Topliss-reactive ketones (excluding diaryl/α,β-unsaturated/α-hetero) is 1. The van der Waals surface area contributed by atoms with Gasteiger partial charge >= 0.3 is 0 Å². The number of carbonyl (C=O) groups excluding carboxylic acids is 1. The van der Waals surface area contributed by atoms with E-state index in [4.69, 9.17) is 0 Å². The Hall–Kier alpha value is -1.46. The van der Waals surface area contributed by atoms with E-state index < -0.39 is 20.9 Å². The van der Waals surface area contributed by atoms with Crippen molar-refractivity contribution in [3.63, 3.8) is 0 Å². The molecule has 2 bridgehead atoms. The van der Waals surface area contributed by atoms with E-state index in [1.165, 1.54) is 11.1 Å². The average Bonchev–Trinajstić information content (AvgIpc) is 3.20. The van der Waals surface area contributed by atoms with E-state index in [1.807, 2.05) is 13.8 Å². The lowest BCUT2D eigenvalue weighted by Crippen LogP contribution is -2.50. The fourth-order valence-electron chi connectivity index (χ4n) is 7.61. The molecule has 0 N–H and O–H groups in total. The Labute approximate surface area is 180 Å². The predicted octanol–water partition coefficient (Wildman–Crippen LogP) is 4.41. The quantitative estimate of drug-likeness (QED) is 0.718. The molecule has 3 fully saturated rings. The minimum Gasteiger partial charge on any atom is -0.298 e. The first kappa shape index (κ1) is 20.4. The fourth-order valence-corrected chi connectivity index (χ4v) is 9.80. The highest BCUT2D eigenvalue weighted by Gasteiger charge is 2.72. The monoisotopic (exact) mass is 427 g/mol. The summed E-state index contributed by atoms with van der Waals surface area (Å²) < 4.78 is 28.8. The summed E-state index contributed by atoms with van der Waals surface area (Å²) >= 11 is 0. The van der Waals surface area contributed by atoms with E-state index >= 15 is 0 Å². The minimum absolute atomic E-state index is 0.0226. The Morgan fingerprint density at radius 2 is 1.70 bits per heavy atom. The van der Waals surface area contributed by atoms with E-state index in [2.05, 4.69) is 50.3 Å². The van der Waals surface area contributed by atoms with Crippen LogP contribution in [0.15, 0.2) is 30.3 Å². The van der Waals surface area contributed by atoms with Gasteiger partial charge in [-0.05, 0) is 48.1 Å². The highest BCUT2D eigenvalue weighted by atomic mass is 32.2. The zero-order valence-corrected chi connectivity index (χ0v) is 19.4. The standard InChI is InChI=1S/C25H33NO3S/c1-22(2)20-10-12-25(21(22)27,23(20,3)4)17-30(28,29)26-15-13-24(14-16-26)11-9-18-7-5-6-8-19(18)24/h5-9,11,20H,10,12-17H2,1-4H3/t20-,25-/m1/s1. The van der Waals surface area contributed by atoms with E-state index in [-0.39, 0.29) is 28.3 Å². The SMILES string of the molecule is CC1(C)C(=O)[C@]2(CS(=O)(=O)N3CCC4(C=Cc5ccccc54)CC3)CC[C@H]1C2(C)C. The van der Waals surface area contributed by atoms with Gasteiger partial charge in [-0.15, -0.1) is 0 Å². The molecule has 162 valence electrons. The molecule has 4 aliphatic rings. The highest BCUT2D eigenvalue weighted by molar-refractivity contribution is 7.89. The summed E-state index contributed by atoms with van der Waals surface area (Å²) in [5.41, 5.74) is 1.10. The zero-order valence-electron chi connectivity index (χ0n) is 18.6. The number of allylic oxidation sites excluding steroid dienone is 1. The maximum atomic E-state index is 13.6. The van der Waals surface area contributed by atoms with Crippen LogP contribution in [0.5, 0.6) is 0 Å². The maximum Gasteiger partial charge on any atom is 0.215 e. The lowest BCUT2D eigenvalue weighted by molar-refractivity contribution is -0.135. The number of hydrogen-bond donors (Lipinski definition) is 0. The molecule has 5 heteroatoms. The van der Waals surface area contributed by atoms with Crippen LogP contribution < -0.4 is 0 Å². The predicted molar refractivity (Wildman–Crippen MR) is 119 cm³/mol. The van der Waals surface area contributed by atoms with Crippen molar-refractivity contribution in [3.05, 3.63) is 41.5 Å². The van der Waals surface area contributed by atoms with Gasteiger partial charge < -0.3 is 0 Å². The van der Waals surface area contributed by atoms with Gasteiger partial charge in [0.15, 0.2) is 0 Å². The van der Waals surface area contributed by atoms with Crippen molar-refractivity contribution in [2.45, 2.75) is 58.8 Å². The number of hydrogen-bond acceptors (Lipinski definition) is 3. The molecule has 1 heterocycles. The summed E-state index contributed by atoms with van der Waals surface area (Å²) in [6.07, 6.45) is 7.72. The molecule has 30 heavy (non-hydrogen) atoms. The van der Waals surface area contributed by atoms with Crippen molar-refractivity contribution < 1.29 is 13.2 Å². The first-order chi connectivity index (χ1) is 14.0. The average molecular weight is 428 g/mol.